The first-order chi connectivity index (χ1) is 19.5. The van der Waals surface area contributed by atoms with E-state index in [1.54, 1.807) is 24.3 Å². The van der Waals surface area contributed by atoms with E-state index in [0.717, 1.165) is 27.8 Å². The molecule has 0 aromatic heterocycles. The molecule has 0 aliphatic carbocycles. The zero-order valence-electron chi connectivity index (χ0n) is 22.4. The van der Waals surface area contributed by atoms with Crippen LogP contribution < -0.4 is 15.4 Å². The molecule has 1 fully saturated rings. The maximum absolute atomic E-state index is 13.9. The number of sulfonamides is 1. The molecule has 8 nitrogen and oxygen atoms in total. The Morgan fingerprint density at radius 1 is 0.976 bits per heavy atom. The van der Waals surface area contributed by atoms with Crippen molar-refractivity contribution in [2.75, 3.05) is 23.7 Å². The first-order valence-corrected chi connectivity index (χ1v) is 15.2. The molecule has 42 heavy (non-hydrogen) atoms. The average molecular weight is 644 g/mol. The van der Waals surface area contributed by atoms with Gasteiger partial charge in [0.1, 0.15) is 6.04 Å². The standard InChI is InChI=1S/C28H27Cl2F3N4O4S/c1-16(26(34)38)35-27(39)19-11-20(28(31,32)33)13-23(12-19)37(42(2,40)41)24-14-36(15-24)25(17-3-7-21(29)8-4-17)18-5-9-22(30)10-6-18/h3-13,16,24-25H,14-15H2,1-2H3,(H2,34,38)(H,35,39). The Hall–Kier alpha value is -3.32. The van der Waals surface area contributed by atoms with Crippen molar-refractivity contribution in [2.24, 2.45) is 5.73 Å². The minimum absolute atomic E-state index is 0.166. The van der Waals surface area contributed by atoms with Crippen molar-refractivity contribution in [3.05, 3.63) is 99.0 Å². The zero-order valence-corrected chi connectivity index (χ0v) is 24.7. The molecule has 1 heterocycles. The number of nitrogens with one attached hydrogen (secondary N) is 1. The molecule has 0 radical (unpaired) electrons. The lowest BCUT2D eigenvalue weighted by Gasteiger charge is -2.49. The van der Waals surface area contributed by atoms with Crippen LogP contribution in [0.3, 0.4) is 0 Å². The molecule has 1 atom stereocenters. The van der Waals surface area contributed by atoms with Gasteiger partial charge in [0.15, 0.2) is 0 Å². The van der Waals surface area contributed by atoms with E-state index >= 15 is 0 Å². The summed E-state index contributed by atoms with van der Waals surface area (Å²) in [5, 5.41) is 3.30. The van der Waals surface area contributed by atoms with Gasteiger partial charge < -0.3 is 11.1 Å². The van der Waals surface area contributed by atoms with E-state index in [4.69, 9.17) is 28.9 Å². The molecule has 3 aromatic rings. The van der Waals surface area contributed by atoms with Crippen LogP contribution in [0, 0.1) is 0 Å². The second-order valence-electron chi connectivity index (χ2n) is 10.0. The number of rotatable bonds is 9. The second-order valence-corrected chi connectivity index (χ2v) is 12.8. The number of alkyl halides is 3. The van der Waals surface area contributed by atoms with Crippen LogP contribution in [-0.2, 0) is 21.0 Å². The number of amides is 2. The first-order valence-electron chi connectivity index (χ1n) is 12.6. The average Bonchev–Trinajstić information content (AvgIpc) is 2.87. The van der Waals surface area contributed by atoms with Crippen molar-refractivity contribution in [3.8, 4) is 0 Å². The second kappa shape index (κ2) is 12.1. The zero-order chi connectivity index (χ0) is 31.0. The molecule has 224 valence electrons. The van der Waals surface area contributed by atoms with Crippen LogP contribution in [0.5, 0.6) is 0 Å². The van der Waals surface area contributed by atoms with Gasteiger partial charge in [0.2, 0.25) is 15.9 Å². The topological polar surface area (TPSA) is 113 Å². The highest BCUT2D eigenvalue weighted by atomic mass is 35.5. The number of carbonyl (C=O) groups excluding carboxylic acids is 2. The highest BCUT2D eigenvalue weighted by molar-refractivity contribution is 7.92. The summed E-state index contributed by atoms with van der Waals surface area (Å²) < 4.78 is 68.5. The SMILES string of the molecule is CC(NC(=O)c1cc(N(C2CN(C(c3ccc(Cl)cc3)c3ccc(Cl)cc3)C2)S(C)(=O)=O)cc(C(F)(F)F)c1)C(N)=O. The van der Waals surface area contributed by atoms with Crippen LogP contribution in [0.1, 0.15) is 40.0 Å². The van der Waals surface area contributed by atoms with Gasteiger partial charge in [-0.15, -0.1) is 0 Å². The summed E-state index contributed by atoms with van der Waals surface area (Å²) in [5.41, 5.74) is 4.87. The largest absolute Gasteiger partial charge is 0.416 e. The van der Waals surface area contributed by atoms with E-state index in [-0.39, 0.29) is 24.8 Å². The van der Waals surface area contributed by atoms with E-state index in [2.05, 4.69) is 5.32 Å². The van der Waals surface area contributed by atoms with Gasteiger partial charge in [0.25, 0.3) is 5.91 Å². The normalized spacial score (nSPS) is 15.2. The Morgan fingerprint density at radius 3 is 1.90 bits per heavy atom. The van der Waals surface area contributed by atoms with Crippen LogP contribution in [0.2, 0.25) is 10.0 Å². The molecule has 0 bridgehead atoms. The van der Waals surface area contributed by atoms with Gasteiger partial charge in [-0.1, -0.05) is 47.5 Å². The highest BCUT2D eigenvalue weighted by Crippen LogP contribution is 2.39. The molecule has 1 unspecified atom stereocenters. The van der Waals surface area contributed by atoms with Gasteiger partial charge in [-0.3, -0.25) is 18.8 Å². The van der Waals surface area contributed by atoms with Gasteiger partial charge >= 0.3 is 6.18 Å². The number of hydrogen-bond acceptors (Lipinski definition) is 5. The van der Waals surface area contributed by atoms with Gasteiger partial charge in [0.05, 0.1) is 29.6 Å². The van der Waals surface area contributed by atoms with Gasteiger partial charge in [0, 0.05) is 28.7 Å². The minimum atomic E-state index is -4.89. The Labute approximate surface area is 251 Å². The molecule has 4 rings (SSSR count). The molecule has 1 saturated heterocycles. The number of anilines is 1. The molecule has 1 aliphatic heterocycles. The molecule has 3 N–H and O–H groups in total. The molecule has 2 amide bonds. The third kappa shape index (κ3) is 7.17. The number of carbonyl (C=O) groups is 2. The van der Waals surface area contributed by atoms with Crippen molar-refractivity contribution in [2.45, 2.75) is 31.2 Å². The predicted molar refractivity (Wildman–Crippen MR) is 155 cm³/mol. The van der Waals surface area contributed by atoms with Gasteiger partial charge in [-0.2, -0.15) is 13.2 Å². The summed E-state index contributed by atoms with van der Waals surface area (Å²) in [6.07, 6.45) is -4.00. The Bertz CT molecular complexity index is 1530. The van der Waals surface area contributed by atoms with Crippen molar-refractivity contribution in [3.63, 3.8) is 0 Å². The van der Waals surface area contributed by atoms with Crippen molar-refractivity contribution in [1.82, 2.24) is 10.2 Å². The summed E-state index contributed by atoms with van der Waals surface area (Å²) >= 11 is 12.2. The maximum Gasteiger partial charge on any atom is 0.416 e. The number of hydrogen-bond donors (Lipinski definition) is 2. The Morgan fingerprint density at radius 2 is 1.48 bits per heavy atom. The maximum atomic E-state index is 13.9. The fourth-order valence-corrected chi connectivity index (χ4v) is 6.22. The molecule has 0 saturated carbocycles. The number of benzene rings is 3. The van der Waals surface area contributed by atoms with Crippen molar-refractivity contribution < 1.29 is 31.2 Å². The van der Waals surface area contributed by atoms with E-state index in [1.165, 1.54) is 6.92 Å². The third-order valence-corrected chi connectivity index (χ3v) is 8.58. The molecule has 3 aromatic carbocycles. The molecule has 14 heteroatoms. The molecular weight excluding hydrogens is 616 g/mol. The smallest absolute Gasteiger partial charge is 0.368 e. The lowest BCUT2D eigenvalue weighted by atomic mass is 9.93. The summed E-state index contributed by atoms with van der Waals surface area (Å²) in [6, 6.07) is 14.4. The highest BCUT2D eigenvalue weighted by Gasteiger charge is 2.42. The molecule has 1 aliphatic rings. The van der Waals surface area contributed by atoms with Crippen LogP contribution in [-0.4, -0.2) is 56.6 Å². The van der Waals surface area contributed by atoms with Crippen molar-refractivity contribution >= 4 is 50.7 Å². The summed E-state index contributed by atoms with van der Waals surface area (Å²) in [6.45, 7) is 1.61. The number of nitrogens with two attached hydrogens (primary N) is 1. The van der Waals surface area contributed by atoms with E-state index in [0.29, 0.717) is 22.2 Å². The number of primary amides is 1. The Kier molecular flexibility index (Phi) is 9.12. The fraction of sp³-hybridized carbons (Fsp3) is 0.286. The van der Waals surface area contributed by atoms with Crippen molar-refractivity contribution in [1.29, 1.82) is 0 Å². The summed E-state index contributed by atoms with van der Waals surface area (Å²) in [7, 11) is -4.11. The number of likely N-dealkylation sites (tertiary alicyclic amines) is 1. The number of nitrogens with zero attached hydrogens (tertiary/aromatic N) is 2. The fourth-order valence-electron chi connectivity index (χ4n) is 4.81. The van der Waals surface area contributed by atoms with Crippen LogP contribution >= 0.6 is 23.2 Å². The quantitative estimate of drug-likeness (QED) is 0.346. The predicted octanol–water partition coefficient (Wildman–Crippen LogP) is 4.86. The lowest BCUT2D eigenvalue weighted by molar-refractivity contribution is -0.137. The third-order valence-electron chi connectivity index (χ3n) is 6.85. The van der Waals surface area contributed by atoms with Crippen LogP contribution in [0.25, 0.3) is 0 Å². The number of halogens is 5. The Balaban J connectivity index is 1.70. The van der Waals surface area contributed by atoms with E-state index in [9.17, 15) is 31.2 Å². The van der Waals surface area contributed by atoms with E-state index in [1.807, 2.05) is 29.2 Å². The van der Waals surface area contributed by atoms with Gasteiger partial charge in [-0.25, -0.2) is 8.42 Å². The van der Waals surface area contributed by atoms with E-state index < -0.39 is 51.2 Å². The van der Waals surface area contributed by atoms with Gasteiger partial charge in [-0.05, 0) is 60.5 Å². The lowest BCUT2D eigenvalue weighted by Crippen LogP contribution is -2.61. The molecular formula is C28H27Cl2F3N4O4S. The summed E-state index contributed by atoms with van der Waals surface area (Å²) in [4.78, 5) is 26.1. The minimum Gasteiger partial charge on any atom is -0.368 e. The van der Waals surface area contributed by atoms with Crippen LogP contribution in [0.4, 0.5) is 18.9 Å². The molecule has 0 spiro atoms. The first kappa shape index (κ1) is 31.6. The summed E-state index contributed by atoms with van der Waals surface area (Å²) in [5.74, 6) is -1.90. The van der Waals surface area contributed by atoms with Crippen LogP contribution in [0.15, 0.2) is 66.7 Å². The monoisotopic (exact) mass is 642 g/mol.